The van der Waals surface area contributed by atoms with E-state index in [-0.39, 0.29) is 36.2 Å². The van der Waals surface area contributed by atoms with Gasteiger partial charge in [0.2, 0.25) is 5.91 Å². The molecule has 182 valence electrons. The van der Waals surface area contributed by atoms with E-state index in [1.54, 1.807) is 62.6 Å². The second kappa shape index (κ2) is 14.6. The van der Waals surface area contributed by atoms with Crippen LogP contribution in [0.1, 0.15) is 30.1 Å². The number of carbonyl (C=O) groups excluding carboxylic acids is 4. The van der Waals surface area contributed by atoms with Gasteiger partial charge in [-0.2, -0.15) is 0 Å². The standard InChI is InChI=1S/C24H28N2O7S/c1-3-32-23(29)12-7-13-25-21(27)15-33-24(30)19-10-4-5-11-20(19)34-16-22(28)26-17-8-6-9-18(14-17)31-2/h4-6,8-11,14H,3,7,12-13,15-16H2,1-2H3,(H,25,27)(H,26,28). The summed E-state index contributed by atoms with van der Waals surface area (Å²) in [4.78, 5) is 48.5. The molecule has 0 unspecified atom stereocenters. The van der Waals surface area contributed by atoms with E-state index in [4.69, 9.17) is 14.2 Å². The molecule has 2 rings (SSSR count). The second-order valence-corrected chi connectivity index (χ2v) is 7.92. The quantitative estimate of drug-likeness (QED) is 0.251. The highest BCUT2D eigenvalue weighted by Gasteiger charge is 2.16. The Labute approximate surface area is 202 Å². The number of rotatable bonds is 13. The van der Waals surface area contributed by atoms with Gasteiger partial charge in [0.25, 0.3) is 5.91 Å². The number of methoxy groups -OCH3 is 1. The molecular formula is C24H28N2O7S. The molecule has 0 saturated heterocycles. The van der Waals surface area contributed by atoms with Crippen molar-refractivity contribution in [2.75, 3.05) is 37.9 Å². The summed E-state index contributed by atoms with van der Waals surface area (Å²) in [5.74, 6) is -1.01. The molecule has 0 aliphatic carbocycles. The van der Waals surface area contributed by atoms with Crippen LogP contribution in [0.3, 0.4) is 0 Å². The number of carbonyl (C=O) groups is 4. The molecule has 0 bridgehead atoms. The Morgan fingerprint density at radius 2 is 1.76 bits per heavy atom. The van der Waals surface area contributed by atoms with Crippen LogP contribution in [-0.2, 0) is 23.9 Å². The Morgan fingerprint density at radius 3 is 2.53 bits per heavy atom. The van der Waals surface area contributed by atoms with Crippen LogP contribution in [0.15, 0.2) is 53.4 Å². The van der Waals surface area contributed by atoms with Crippen LogP contribution >= 0.6 is 11.8 Å². The minimum Gasteiger partial charge on any atom is -0.497 e. The van der Waals surface area contributed by atoms with Gasteiger partial charge in [-0.1, -0.05) is 18.2 Å². The molecule has 0 atom stereocenters. The molecule has 0 saturated carbocycles. The highest BCUT2D eigenvalue weighted by atomic mass is 32.2. The van der Waals surface area contributed by atoms with E-state index < -0.39 is 18.5 Å². The van der Waals surface area contributed by atoms with Gasteiger partial charge in [-0.3, -0.25) is 14.4 Å². The Hall–Kier alpha value is -3.53. The van der Waals surface area contributed by atoms with Crippen LogP contribution in [0.4, 0.5) is 5.69 Å². The van der Waals surface area contributed by atoms with Crippen LogP contribution in [0.2, 0.25) is 0 Å². The number of hydrogen-bond donors (Lipinski definition) is 2. The predicted octanol–water partition coefficient (Wildman–Crippen LogP) is 3.04. The van der Waals surface area contributed by atoms with E-state index in [9.17, 15) is 19.2 Å². The van der Waals surface area contributed by atoms with Crippen molar-refractivity contribution in [1.82, 2.24) is 5.32 Å². The summed E-state index contributed by atoms with van der Waals surface area (Å²) in [6.07, 6.45) is 0.625. The highest BCUT2D eigenvalue weighted by Crippen LogP contribution is 2.24. The van der Waals surface area contributed by atoms with E-state index in [0.717, 1.165) is 0 Å². The topological polar surface area (TPSA) is 120 Å². The molecule has 2 amide bonds. The van der Waals surface area contributed by atoms with Gasteiger partial charge in [-0.15, -0.1) is 11.8 Å². The summed E-state index contributed by atoms with van der Waals surface area (Å²) in [5, 5.41) is 5.36. The van der Waals surface area contributed by atoms with Crippen LogP contribution < -0.4 is 15.4 Å². The summed E-state index contributed by atoms with van der Waals surface area (Å²) in [6, 6.07) is 13.7. The first-order valence-corrected chi connectivity index (χ1v) is 11.7. The summed E-state index contributed by atoms with van der Waals surface area (Å²) >= 11 is 1.18. The largest absolute Gasteiger partial charge is 0.497 e. The number of thioether (sulfide) groups is 1. The van der Waals surface area contributed by atoms with Crippen LogP contribution in [0.5, 0.6) is 5.75 Å². The van der Waals surface area contributed by atoms with Crippen molar-refractivity contribution in [2.24, 2.45) is 0 Å². The molecule has 9 nitrogen and oxygen atoms in total. The number of amides is 2. The van der Waals surface area contributed by atoms with E-state index in [1.807, 2.05) is 0 Å². The molecule has 0 heterocycles. The van der Waals surface area contributed by atoms with Gasteiger partial charge in [-0.05, 0) is 37.6 Å². The van der Waals surface area contributed by atoms with Crippen molar-refractivity contribution in [3.8, 4) is 5.75 Å². The molecule has 2 aromatic carbocycles. The summed E-state index contributed by atoms with van der Waals surface area (Å²) in [7, 11) is 1.54. The van der Waals surface area contributed by atoms with Gasteiger partial charge in [0.05, 0.1) is 25.0 Å². The van der Waals surface area contributed by atoms with Crippen LogP contribution in [-0.4, -0.2) is 56.4 Å². The van der Waals surface area contributed by atoms with Crippen molar-refractivity contribution < 1.29 is 33.4 Å². The lowest BCUT2D eigenvalue weighted by Gasteiger charge is -2.10. The third-order valence-corrected chi connectivity index (χ3v) is 5.41. The second-order valence-electron chi connectivity index (χ2n) is 6.90. The Balaban J connectivity index is 1.79. The smallest absolute Gasteiger partial charge is 0.339 e. The predicted molar refractivity (Wildman–Crippen MR) is 128 cm³/mol. The minimum atomic E-state index is -0.669. The van der Waals surface area contributed by atoms with E-state index in [2.05, 4.69) is 10.6 Å². The molecule has 0 aliphatic rings. The SMILES string of the molecule is CCOC(=O)CCCNC(=O)COC(=O)c1ccccc1SCC(=O)Nc1cccc(OC)c1. The first-order chi connectivity index (χ1) is 16.4. The van der Waals surface area contributed by atoms with Crippen LogP contribution in [0, 0.1) is 0 Å². The van der Waals surface area contributed by atoms with Gasteiger partial charge in [-0.25, -0.2) is 4.79 Å². The third-order valence-electron chi connectivity index (χ3n) is 4.34. The molecule has 2 N–H and O–H groups in total. The number of esters is 2. The number of nitrogens with one attached hydrogen (secondary N) is 2. The lowest BCUT2D eigenvalue weighted by Crippen LogP contribution is -2.30. The molecule has 10 heteroatoms. The number of benzene rings is 2. The molecule has 0 aliphatic heterocycles. The van der Waals surface area contributed by atoms with Crippen LogP contribution in [0.25, 0.3) is 0 Å². The average Bonchev–Trinajstić information content (AvgIpc) is 2.84. The lowest BCUT2D eigenvalue weighted by atomic mass is 10.2. The van der Waals surface area contributed by atoms with Gasteiger partial charge in [0.15, 0.2) is 6.61 Å². The molecular weight excluding hydrogens is 460 g/mol. The minimum absolute atomic E-state index is 0.0719. The Morgan fingerprint density at radius 1 is 0.971 bits per heavy atom. The zero-order valence-electron chi connectivity index (χ0n) is 19.1. The maximum Gasteiger partial charge on any atom is 0.339 e. The number of anilines is 1. The Kier molecular flexibility index (Phi) is 11.5. The maximum atomic E-state index is 12.5. The summed E-state index contributed by atoms with van der Waals surface area (Å²) < 4.78 is 15.1. The molecule has 0 radical (unpaired) electrons. The van der Waals surface area contributed by atoms with E-state index >= 15 is 0 Å². The molecule has 0 spiro atoms. The monoisotopic (exact) mass is 488 g/mol. The summed E-state index contributed by atoms with van der Waals surface area (Å²) in [6.45, 7) is 1.85. The van der Waals surface area contributed by atoms with Gasteiger partial charge < -0.3 is 24.8 Å². The van der Waals surface area contributed by atoms with Crippen molar-refractivity contribution in [3.05, 3.63) is 54.1 Å². The van der Waals surface area contributed by atoms with Crippen molar-refractivity contribution in [3.63, 3.8) is 0 Å². The van der Waals surface area contributed by atoms with E-state index in [0.29, 0.717) is 29.4 Å². The number of ether oxygens (including phenoxy) is 3. The van der Waals surface area contributed by atoms with Crippen molar-refractivity contribution in [1.29, 1.82) is 0 Å². The van der Waals surface area contributed by atoms with E-state index in [1.165, 1.54) is 11.8 Å². The third kappa shape index (κ3) is 9.53. The molecule has 0 aromatic heterocycles. The average molecular weight is 489 g/mol. The zero-order valence-corrected chi connectivity index (χ0v) is 19.9. The lowest BCUT2D eigenvalue weighted by molar-refractivity contribution is -0.143. The summed E-state index contributed by atoms with van der Waals surface area (Å²) in [5.41, 5.74) is 0.864. The normalized spacial score (nSPS) is 10.2. The maximum absolute atomic E-state index is 12.5. The Bertz CT molecular complexity index is 997. The van der Waals surface area contributed by atoms with Gasteiger partial charge >= 0.3 is 11.9 Å². The fourth-order valence-electron chi connectivity index (χ4n) is 2.76. The van der Waals surface area contributed by atoms with Gasteiger partial charge in [0, 0.05) is 29.6 Å². The zero-order chi connectivity index (χ0) is 24.8. The molecule has 2 aromatic rings. The first-order valence-electron chi connectivity index (χ1n) is 10.7. The highest BCUT2D eigenvalue weighted by molar-refractivity contribution is 8.00. The number of hydrogen-bond acceptors (Lipinski definition) is 8. The van der Waals surface area contributed by atoms with Crippen molar-refractivity contribution >= 4 is 41.2 Å². The first kappa shape index (κ1) is 26.7. The fourth-order valence-corrected chi connectivity index (χ4v) is 3.60. The fraction of sp³-hybridized carbons (Fsp3) is 0.333. The molecule has 0 fully saturated rings. The van der Waals surface area contributed by atoms with Gasteiger partial charge in [0.1, 0.15) is 5.75 Å². The van der Waals surface area contributed by atoms with Crippen molar-refractivity contribution in [2.45, 2.75) is 24.7 Å². The molecule has 34 heavy (non-hydrogen) atoms.